The van der Waals surface area contributed by atoms with E-state index in [2.05, 4.69) is 10.1 Å². The van der Waals surface area contributed by atoms with Crippen LogP contribution in [-0.2, 0) is 10.3 Å². The van der Waals surface area contributed by atoms with Gasteiger partial charge >= 0.3 is 0 Å². The highest BCUT2D eigenvalue weighted by Gasteiger charge is 2.40. The molecule has 0 atom stereocenters. The Hall–Kier alpha value is -1.59. The average Bonchev–Trinajstić information content (AvgIpc) is 3.10. The monoisotopic (exact) mass is 293 g/mol. The van der Waals surface area contributed by atoms with E-state index < -0.39 is 5.60 Å². The number of hydrogen-bond donors (Lipinski definition) is 1. The molecule has 2 aromatic rings. The Labute approximate surface area is 122 Å². The quantitative estimate of drug-likeness (QED) is 0.878. The van der Waals surface area contributed by atoms with Crippen LogP contribution in [0.15, 0.2) is 22.7 Å². The van der Waals surface area contributed by atoms with Crippen molar-refractivity contribution < 1.29 is 9.26 Å². The van der Waals surface area contributed by atoms with Gasteiger partial charge in [0.1, 0.15) is 5.60 Å². The SMILES string of the molecule is COC1(c2noc(-c3cc(N)ccc3Cl)n2)CCCC1. The topological polar surface area (TPSA) is 74.2 Å². The van der Waals surface area contributed by atoms with Crippen LogP contribution in [-0.4, -0.2) is 17.3 Å². The maximum Gasteiger partial charge on any atom is 0.259 e. The maximum absolute atomic E-state index is 6.15. The van der Waals surface area contributed by atoms with Crippen molar-refractivity contribution in [2.24, 2.45) is 0 Å². The molecule has 1 aliphatic rings. The second kappa shape index (κ2) is 5.07. The molecule has 0 amide bonds. The molecule has 1 aliphatic carbocycles. The third-order valence-corrected chi connectivity index (χ3v) is 4.19. The molecule has 1 aromatic carbocycles. The van der Waals surface area contributed by atoms with Gasteiger partial charge in [-0.05, 0) is 43.9 Å². The van der Waals surface area contributed by atoms with Crippen molar-refractivity contribution >= 4 is 17.3 Å². The molecule has 1 fully saturated rings. The predicted molar refractivity (Wildman–Crippen MR) is 76.3 cm³/mol. The first-order valence-corrected chi connectivity index (χ1v) is 6.97. The van der Waals surface area contributed by atoms with Gasteiger partial charge in [0.2, 0.25) is 5.82 Å². The lowest BCUT2D eigenvalue weighted by molar-refractivity contribution is -0.0178. The lowest BCUT2D eigenvalue weighted by Crippen LogP contribution is -2.25. The zero-order valence-electron chi connectivity index (χ0n) is 11.2. The fourth-order valence-corrected chi connectivity index (χ4v) is 2.89. The summed E-state index contributed by atoms with van der Waals surface area (Å²) in [6.45, 7) is 0. The van der Waals surface area contributed by atoms with E-state index in [0.717, 1.165) is 25.7 Å². The van der Waals surface area contributed by atoms with Gasteiger partial charge in [0.25, 0.3) is 5.89 Å². The number of nitrogens with zero attached hydrogens (tertiary/aromatic N) is 2. The summed E-state index contributed by atoms with van der Waals surface area (Å²) in [6.07, 6.45) is 4.04. The molecule has 0 spiro atoms. The minimum atomic E-state index is -0.422. The Morgan fingerprint density at radius 2 is 2.10 bits per heavy atom. The van der Waals surface area contributed by atoms with Gasteiger partial charge in [-0.1, -0.05) is 16.8 Å². The Balaban J connectivity index is 2.00. The Morgan fingerprint density at radius 1 is 1.35 bits per heavy atom. The standard InChI is InChI=1S/C14H16ClN3O2/c1-19-14(6-2-3-7-14)13-17-12(20-18-13)10-8-9(16)4-5-11(10)15/h4-5,8H,2-3,6-7,16H2,1H3. The fraction of sp³-hybridized carbons (Fsp3) is 0.429. The first-order chi connectivity index (χ1) is 9.64. The average molecular weight is 294 g/mol. The molecule has 0 aliphatic heterocycles. The summed E-state index contributed by atoms with van der Waals surface area (Å²) in [5.41, 5.74) is 6.60. The first kappa shape index (κ1) is 13.4. The molecule has 2 N–H and O–H groups in total. The summed E-state index contributed by atoms with van der Waals surface area (Å²) >= 11 is 6.15. The third-order valence-electron chi connectivity index (χ3n) is 3.86. The van der Waals surface area contributed by atoms with Crippen LogP contribution in [0.4, 0.5) is 5.69 Å². The molecule has 6 heteroatoms. The number of rotatable bonds is 3. The predicted octanol–water partition coefficient (Wildman–Crippen LogP) is 3.39. The second-order valence-corrected chi connectivity index (χ2v) is 5.48. The number of ether oxygens (including phenoxy) is 1. The Bertz CT molecular complexity index is 621. The molecule has 3 rings (SSSR count). The summed E-state index contributed by atoms with van der Waals surface area (Å²) < 4.78 is 11.0. The Morgan fingerprint density at radius 3 is 2.80 bits per heavy atom. The van der Waals surface area contributed by atoms with E-state index in [1.165, 1.54) is 0 Å². The molecular formula is C14H16ClN3O2. The van der Waals surface area contributed by atoms with Crippen molar-refractivity contribution in [3.8, 4) is 11.5 Å². The van der Waals surface area contributed by atoms with E-state index in [1.54, 1.807) is 25.3 Å². The van der Waals surface area contributed by atoms with Gasteiger partial charge in [-0.25, -0.2) is 0 Å². The van der Waals surface area contributed by atoms with Crippen molar-refractivity contribution in [3.63, 3.8) is 0 Å². The largest absolute Gasteiger partial charge is 0.399 e. The smallest absolute Gasteiger partial charge is 0.259 e. The Kier molecular flexibility index (Phi) is 3.40. The van der Waals surface area contributed by atoms with Crippen molar-refractivity contribution in [3.05, 3.63) is 29.0 Å². The number of benzene rings is 1. The van der Waals surface area contributed by atoms with E-state index in [0.29, 0.717) is 28.0 Å². The minimum absolute atomic E-state index is 0.376. The second-order valence-electron chi connectivity index (χ2n) is 5.07. The molecule has 5 nitrogen and oxygen atoms in total. The first-order valence-electron chi connectivity index (χ1n) is 6.59. The number of anilines is 1. The molecule has 0 radical (unpaired) electrons. The molecule has 0 bridgehead atoms. The van der Waals surface area contributed by atoms with Crippen LogP contribution in [0, 0.1) is 0 Å². The highest BCUT2D eigenvalue weighted by molar-refractivity contribution is 6.33. The van der Waals surface area contributed by atoms with Gasteiger partial charge < -0.3 is 15.0 Å². The van der Waals surface area contributed by atoms with Crippen molar-refractivity contribution in [2.45, 2.75) is 31.3 Å². The molecule has 106 valence electrons. The van der Waals surface area contributed by atoms with Crippen LogP contribution in [0.5, 0.6) is 0 Å². The minimum Gasteiger partial charge on any atom is -0.399 e. The van der Waals surface area contributed by atoms with E-state index in [1.807, 2.05) is 0 Å². The van der Waals surface area contributed by atoms with Crippen LogP contribution < -0.4 is 5.73 Å². The van der Waals surface area contributed by atoms with Crippen molar-refractivity contribution in [2.75, 3.05) is 12.8 Å². The van der Waals surface area contributed by atoms with Crippen LogP contribution in [0.1, 0.15) is 31.5 Å². The zero-order valence-corrected chi connectivity index (χ0v) is 12.0. The van der Waals surface area contributed by atoms with E-state index in [9.17, 15) is 0 Å². The van der Waals surface area contributed by atoms with E-state index >= 15 is 0 Å². The maximum atomic E-state index is 6.15. The van der Waals surface area contributed by atoms with E-state index in [-0.39, 0.29) is 0 Å². The van der Waals surface area contributed by atoms with Gasteiger partial charge in [-0.2, -0.15) is 4.98 Å². The van der Waals surface area contributed by atoms with Gasteiger partial charge in [0, 0.05) is 12.8 Å². The molecular weight excluding hydrogens is 278 g/mol. The summed E-state index contributed by atoms with van der Waals surface area (Å²) in [6, 6.07) is 5.18. The fourth-order valence-electron chi connectivity index (χ4n) is 2.69. The van der Waals surface area contributed by atoms with Gasteiger partial charge in [-0.15, -0.1) is 0 Å². The summed E-state index contributed by atoms with van der Waals surface area (Å²) in [5, 5.41) is 4.61. The van der Waals surface area contributed by atoms with Gasteiger partial charge in [0.05, 0.1) is 10.6 Å². The van der Waals surface area contributed by atoms with Gasteiger partial charge in [0.15, 0.2) is 0 Å². The molecule has 0 unspecified atom stereocenters. The van der Waals surface area contributed by atoms with Crippen LogP contribution >= 0.6 is 11.6 Å². The molecule has 1 aromatic heterocycles. The molecule has 0 saturated heterocycles. The van der Waals surface area contributed by atoms with Crippen molar-refractivity contribution in [1.82, 2.24) is 10.1 Å². The molecule has 20 heavy (non-hydrogen) atoms. The molecule has 1 heterocycles. The lowest BCUT2D eigenvalue weighted by Gasteiger charge is -2.22. The van der Waals surface area contributed by atoms with Crippen molar-refractivity contribution in [1.29, 1.82) is 0 Å². The summed E-state index contributed by atoms with van der Waals surface area (Å²) in [4.78, 5) is 4.46. The van der Waals surface area contributed by atoms with Gasteiger partial charge in [-0.3, -0.25) is 0 Å². The zero-order chi connectivity index (χ0) is 14.2. The van der Waals surface area contributed by atoms with Crippen LogP contribution in [0.25, 0.3) is 11.5 Å². The normalized spacial score (nSPS) is 17.5. The number of aromatic nitrogens is 2. The number of hydrogen-bond acceptors (Lipinski definition) is 5. The van der Waals surface area contributed by atoms with E-state index in [4.69, 9.17) is 26.6 Å². The summed E-state index contributed by atoms with van der Waals surface area (Å²) in [7, 11) is 1.69. The number of halogens is 1. The highest BCUT2D eigenvalue weighted by atomic mass is 35.5. The molecule has 1 saturated carbocycles. The van der Waals surface area contributed by atoms with Crippen LogP contribution in [0.2, 0.25) is 5.02 Å². The number of nitrogen functional groups attached to an aromatic ring is 1. The van der Waals surface area contributed by atoms with Crippen LogP contribution in [0.3, 0.4) is 0 Å². The number of methoxy groups -OCH3 is 1. The summed E-state index contributed by atoms with van der Waals surface area (Å²) in [5.74, 6) is 0.964. The third kappa shape index (κ3) is 2.17. The highest BCUT2D eigenvalue weighted by Crippen LogP contribution is 2.41. The number of nitrogens with two attached hydrogens (primary N) is 1. The lowest BCUT2D eigenvalue weighted by atomic mass is 10.0.